The van der Waals surface area contributed by atoms with Gasteiger partial charge in [-0.3, -0.25) is 15.0 Å². The van der Waals surface area contributed by atoms with E-state index in [2.05, 4.69) is 10.6 Å². The third kappa shape index (κ3) is 5.42. The summed E-state index contributed by atoms with van der Waals surface area (Å²) in [5, 5.41) is 6.67. The van der Waals surface area contributed by atoms with E-state index >= 15 is 0 Å². The van der Waals surface area contributed by atoms with Crippen LogP contribution in [0, 0.1) is 11.7 Å². The largest absolute Gasteiger partial charge is 0.497 e. The molecule has 0 bridgehead atoms. The molecular weight excluding hydrogens is 447 g/mol. The standard InChI is InChI=1S/C27H35FN4O3/c1-4-16-31(27(34)29-20-8-7-9-22(17-20)35-3)18(2)25-30-24-11-6-5-10-23(24)26(33)32(25)21-14-12-19(28)13-15-21/h7-9,12-15,17-18,23-25,30H,4-6,10-11,16H2,1-3H3,(H,29,34). The van der Waals surface area contributed by atoms with Crippen LogP contribution in [-0.2, 0) is 4.79 Å². The van der Waals surface area contributed by atoms with Gasteiger partial charge in [-0.1, -0.05) is 25.8 Å². The van der Waals surface area contributed by atoms with Crippen molar-refractivity contribution in [2.45, 2.75) is 64.2 Å². The monoisotopic (exact) mass is 482 g/mol. The lowest BCUT2D eigenvalue weighted by atomic mass is 9.81. The molecule has 188 valence electrons. The number of methoxy groups -OCH3 is 1. The van der Waals surface area contributed by atoms with Gasteiger partial charge in [-0.25, -0.2) is 9.18 Å². The van der Waals surface area contributed by atoms with Crippen LogP contribution in [0.15, 0.2) is 48.5 Å². The van der Waals surface area contributed by atoms with Crippen molar-refractivity contribution in [2.24, 2.45) is 5.92 Å². The van der Waals surface area contributed by atoms with Gasteiger partial charge in [0.15, 0.2) is 0 Å². The summed E-state index contributed by atoms with van der Waals surface area (Å²) < 4.78 is 19.0. The Balaban J connectivity index is 1.63. The predicted molar refractivity (Wildman–Crippen MR) is 135 cm³/mol. The number of fused-ring (bicyclic) bond motifs is 1. The van der Waals surface area contributed by atoms with Crippen LogP contribution < -0.4 is 20.3 Å². The molecule has 0 aromatic heterocycles. The van der Waals surface area contributed by atoms with Gasteiger partial charge in [0.05, 0.1) is 19.1 Å². The number of hydrogen-bond acceptors (Lipinski definition) is 4. The number of carbonyl (C=O) groups is 2. The molecule has 1 saturated carbocycles. The highest BCUT2D eigenvalue weighted by Crippen LogP contribution is 2.34. The molecule has 2 aromatic carbocycles. The van der Waals surface area contributed by atoms with Crippen molar-refractivity contribution in [2.75, 3.05) is 23.9 Å². The fourth-order valence-electron chi connectivity index (χ4n) is 5.28. The van der Waals surface area contributed by atoms with E-state index in [4.69, 9.17) is 4.74 Å². The highest BCUT2D eigenvalue weighted by Gasteiger charge is 2.46. The van der Waals surface area contributed by atoms with Crippen LogP contribution in [0.2, 0.25) is 0 Å². The van der Waals surface area contributed by atoms with Gasteiger partial charge in [0.25, 0.3) is 0 Å². The minimum atomic E-state index is -0.435. The zero-order chi connectivity index (χ0) is 24.9. The minimum Gasteiger partial charge on any atom is -0.497 e. The number of nitrogens with zero attached hydrogens (tertiary/aromatic N) is 2. The molecule has 4 rings (SSSR count). The highest BCUT2D eigenvalue weighted by atomic mass is 19.1. The molecule has 2 aliphatic rings. The fourth-order valence-corrected chi connectivity index (χ4v) is 5.28. The quantitative estimate of drug-likeness (QED) is 0.583. The number of hydrogen-bond donors (Lipinski definition) is 2. The number of rotatable bonds is 7. The number of ether oxygens (including phenoxy) is 1. The molecule has 0 radical (unpaired) electrons. The summed E-state index contributed by atoms with van der Waals surface area (Å²) in [7, 11) is 1.58. The Bertz CT molecular complexity index is 1030. The molecule has 4 atom stereocenters. The van der Waals surface area contributed by atoms with Crippen molar-refractivity contribution in [3.63, 3.8) is 0 Å². The molecule has 35 heavy (non-hydrogen) atoms. The van der Waals surface area contributed by atoms with Crippen molar-refractivity contribution < 1.29 is 18.7 Å². The first kappa shape index (κ1) is 25.0. The topological polar surface area (TPSA) is 73.9 Å². The van der Waals surface area contributed by atoms with Crippen LogP contribution in [0.25, 0.3) is 0 Å². The van der Waals surface area contributed by atoms with E-state index in [0.717, 1.165) is 32.1 Å². The van der Waals surface area contributed by atoms with Crippen LogP contribution in [0.1, 0.15) is 46.0 Å². The molecule has 8 heteroatoms. The minimum absolute atomic E-state index is 0.0431. The molecule has 0 spiro atoms. The number of carbonyl (C=O) groups excluding carboxylic acids is 2. The van der Waals surface area contributed by atoms with Crippen molar-refractivity contribution in [1.82, 2.24) is 10.2 Å². The fraction of sp³-hybridized carbons (Fsp3) is 0.481. The molecular formula is C27H35FN4O3. The van der Waals surface area contributed by atoms with E-state index in [0.29, 0.717) is 23.7 Å². The van der Waals surface area contributed by atoms with Gasteiger partial charge in [0, 0.05) is 30.0 Å². The second kappa shape index (κ2) is 11.1. The van der Waals surface area contributed by atoms with Crippen molar-refractivity contribution >= 4 is 23.3 Å². The molecule has 1 heterocycles. The molecule has 1 aliphatic carbocycles. The Morgan fingerprint density at radius 3 is 2.69 bits per heavy atom. The van der Waals surface area contributed by atoms with Gasteiger partial charge in [-0.15, -0.1) is 0 Å². The molecule has 1 saturated heterocycles. The van der Waals surface area contributed by atoms with Gasteiger partial charge >= 0.3 is 6.03 Å². The summed E-state index contributed by atoms with van der Waals surface area (Å²) in [6.45, 7) is 4.51. The first-order chi connectivity index (χ1) is 16.9. The lowest BCUT2D eigenvalue weighted by Gasteiger charge is -2.50. The van der Waals surface area contributed by atoms with E-state index in [1.807, 2.05) is 32.0 Å². The third-order valence-corrected chi connectivity index (χ3v) is 7.08. The number of urea groups is 1. The number of anilines is 2. The van der Waals surface area contributed by atoms with Gasteiger partial charge < -0.3 is 15.0 Å². The SMILES string of the molecule is CCCN(C(=O)Nc1cccc(OC)c1)C(C)C1NC2CCCCC2C(=O)N1c1ccc(F)cc1. The number of amides is 3. The van der Waals surface area contributed by atoms with E-state index < -0.39 is 6.17 Å². The lowest BCUT2D eigenvalue weighted by molar-refractivity contribution is -0.127. The lowest BCUT2D eigenvalue weighted by Crippen LogP contribution is -2.70. The number of nitrogens with one attached hydrogen (secondary N) is 2. The second-order valence-corrected chi connectivity index (χ2v) is 9.39. The summed E-state index contributed by atoms with van der Waals surface area (Å²) in [5.41, 5.74) is 1.27. The molecule has 2 N–H and O–H groups in total. The van der Waals surface area contributed by atoms with Crippen molar-refractivity contribution in [3.8, 4) is 5.75 Å². The van der Waals surface area contributed by atoms with Gasteiger partial charge in [0.2, 0.25) is 5.91 Å². The molecule has 7 nitrogen and oxygen atoms in total. The van der Waals surface area contributed by atoms with E-state index in [1.165, 1.54) is 12.1 Å². The Morgan fingerprint density at radius 1 is 1.23 bits per heavy atom. The van der Waals surface area contributed by atoms with Crippen LogP contribution in [0.4, 0.5) is 20.6 Å². The zero-order valence-corrected chi connectivity index (χ0v) is 20.7. The van der Waals surface area contributed by atoms with Gasteiger partial charge in [-0.05, 0) is 62.6 Å². The first-order valence-electron chi connectivity index (χ1n) is 12.5. The normalized spacial score (nSPS) is 22.8. The summed E-state index contributed by atoms with van der Waals surface area (Å²) >= 11 is 0. The van der Waals surface area contributed by atoms with Crippen LogP contribution in [0.3, 0.4) is 0 Å². The molecule has 1 aliphatic heterocycles. The molecule has 3 amide bonds. The smallest absolute Gasteiger partial charge is 0.322 e. The predicted octanol–water partition coefficient (Wildman–Crippen LogP) is 4.99. The summed E-state index contributed by atoms with van der Waals surface area (Å²) in [6.07, 6.45) is 4.20. The summed E-state index contributed by atoms with van der Waals surface area (Å²) in [6, 6.07) is 12.7. The molecule has 4 unspecified atom stereocenters. The maximum atomic E-state index is 13.7. The van der Waals surface area contributed by atoms with Crippen molar-refractivity contribution in [1.29, 1.82) is 0 Å². The molecule has 2 fully saturated rings. The van der Waals surface area contributed by atoms with Crippen molar-refractivity contribution in [3.05, 3.63) is 54.3 Å². The first-order valence-corrected chi connectivity index (χ1v) is 12.5. The summed E-state index contributed by atoms with van der Waals surface area (Å²) in [5.74, 6) is 0.240. The highest BCUT2D eigenvalue weighted by molar-refractivity contribution is 5.97. The van der Waals surface area contributed by atoms with E-state index in [-0.39, 0.29) is 35.8 Å². The number of benzene rings is 2. The summed E-state index contributed by atoms with van der Waals surface area (Å²) in [4.78, 5) is 30.7. The van der Waals surface area contributed by atoms with E-state index in [1.54, 1.807) is 35.1 Å². The Labute approximate surface area is 206 Å². The average molecular weight is 483 g/mol. The second-order valence-electron chi connectivity index (χ2n) is 9.39. The average Bonchev–Trinajstić information content (AvgIpc) is 2.87. The van der Waals surface area contributed by atoms with Gasteiger partial charge in [-0.2, -0.15) is 0 Å². The van der Waals surface area contributed by atoms with Crippen LogP contribution >= 0.6 is 0 Å². The Morgan fingerprint density at radius 2 is 1.97 bits per heavy atom. The Hall–Kier alpha value is -3.13. The van der Waals surface area contributed by atoms with Crippen LogP contribution in [-0.4, -0.2) is 48.7 Å². The van der Waals surface area contributed by atoms with E-state index in [9.17, 15) is 14.0 Å². The van der Waals surface area contributed by atoms with Gasteiger partial charge in [0.1, 0.15) is 17.7 Å². The Kier molecular flexibility index (Phi) is 7.90. The number of halogens is 1. The molecule has 2 aromatic rings. The van der Waals surface area contributed by atoms with Crippen LogP contribution in [0.5, 0.6) is 5.75 Å². The third-order valence-electron chi connectivity index (χ3n) is 7.08. The zero-order valence-electron chi connectivity index (χ0n) is 20.7. The maximum absolute atomic E-state index is 13.7. The maximum Gasteiger partial charge on any atom is 0.322 e.